The van der Waals surface area contributed by atoms with Crippen molar-refractivity contribution in [2.75, 3.05) is 6.54 Å². The molecule has 20 heavy (non-hydrogen) atoms. The van der Waals surface area contributed by atoms with Gasteiger partial charge in [0, 0.05) is 21.1 Å². The van der Waals surface area contributed by atoms with Crippen molar-refractivity contribution in [2.45, 2.75) is 32.7 Å². The lowest BCUT2D eigenvalue weighted by atomic mass is 10.0. The summed E-state index contributed by atoms with van der Waals surface area (Å²) in [5, 5.41) is 4.35. The molecular weight excluding hydrogens is 338 g/mol. The van der Waals surface area contributed by atoms with Gasteiger partial charge >= 0.3 is 0 Å². The average Bonchev–Trinajstić information content (AvgIpc) is 2.83. The monoisotopic (exact) mass is 355 g/mol. The summed E-state index contributed by atoms with van der Waals surface area (Å²) >= 11 is 9.76. The number of hydrogen-bond donors (Lipinski definition) is 1. The maximum Gasteiger partial charge on any atom is 0.101 e. The first kappa shape index (κ1) is 15.6. The maximum atomic E-state index is 6.32. The van der Waals surface area contributed by atoms with E-state index in [-0.39, 0.29) is 6.04 Å². The highest BCUT2D eigenvalue weighted by Gasteiger charge is 2.15. The first-order chi connectivity index (χ1) is 9.60. The Bertz CT molecular complexity index is 567. The second-order valence-electron chi connectivity index (χ2n) is 4.94. The highest BCUT2D eigenvalue weighted by molar-refractivity contribution is 9.10. The SMILES string of the molecule is CCCNC(Cc1ccc(Br)cc1Cl)c1coc(C)c1. The summed E-state index contributed by atoms with van der Waals surface area (Å²) in [6, 6.07) is 8.35. The van der Waals surface area contributed by atoms with Gasteiger partial charge in [-0.1, -0.05) is 40.5 Å². The van der Waals surface area contributed by atoms with Gasteiger partial charge in [0.2, 0.25) is 0 Å². The van der Waals surface area contributed by atoms with E-state index in [1.807, 2.05) is 25.3 Å². The normalized spacial score (nSPS) is 12.6. The molecule has 1 aromatic heterocycles. The lowest BCUT2D eigenvalue weighted by Crippen LogP contribution is -2.23. The van der Waals surface area contributed by atoms with Crippen LogP contribution in [0.4, 0.5) is 0 Å². The van der Waals surface area contributed by atoms with Crippen LogP contribution in [0.2, 0.25) is 5.02 Å². The fraction of sp³-hybridized carbons (Fsp3) is 0.375. The molecule has 0 amide bonds. The van der Waals surface area contributed by atoms with Gasteiger partial charge in [-0.25, -0.2) is 0 Å². The first-order valence-corrected chi connectivity index (χ1v) is 7.99. The highest BCUT2D eigenvalue weighted by Crippen LogP contribution is 2.27. The Morgan fingerprint density at radius 3 is 2.75 bits per heavy atom. The summed E-state index contributed by atoms with van der Waals surface area (Å²) in [5.74, 6) is 0.935. The largest absolute Gasteiger partial charge is 0.469 e. The van der Waals surface area contributed by atoms with Gasteiger partial charge in [0.1, 0.15) is 5.76 Å². The zero-order valence-corrected chi connectivity index (χ0v) is 14.1. The molecule has 0 fully saturated rings. The molecule has 1 heterocycles. The van der Waals surface area contributed by atoms with E-state index in [2.05, 4.69) is 40.3 Å². The van der Waals surface area contributed by atoms with Gasteiger partial charge in [-0.3, -0.25) is 0 Å². The van der Waals surface area contributed by atoms with Gasteiger partial charge in [0.25, 0.3) is 0 Å². The molecule has 4 heteroatoms. The summed E-state index contributed by atoms with van der Waals surface area (Å²) < 4.78 is 6.44. The molecule has 0 aliphatic carbocycles. The average molecular weight is 357 g/mol. The lowest BCUT2D eigenvalue weighted by Gasteiger charge is -2.18. The Kier molecular flexibility index (Phi) is 5.70. The van der Waals surface area contributed by atoms with Gasteiger partial charge in [-0.05, 0) is 50.1 Å². The van der Waals surface area contributed by atoms with E-state index in [1.54, 1.807) is 0 Å². The number of nitrogens with one attached hydrogen (secondary N) is 1. The van der Waals surface area contributed by atoms with Crippen LogP contribution in [-0.4, -0.2) is 6.54 Å². The van der Waals surface area contributed by atoms with Gasteiger partial charge in [0.15, 0.2) is 0 Å². The van der Waals surface area contributed by atoms with Crippen LogP contribution in [0.15, 0.2) is 39.4 Å². The molecular formula is C16H19BrClNO. The second kappa shape index (κ2) is 7.30. The van der Waals surface area contributed by atoms with Crippen LogP contribution in [0.5, 0.6) is 0 Å². The summed E-state index contributed by atoms with van der Waals surface area (Å²) in [5.41, 5.74) is 2.32. The molecule has 0 radical (unpaired) electrons. The number of halogens is 2. The Morgan fingerprint density at radius 2 is 2.15 bits per heavy atom. The molecule has 1 N–H and O–H groups in total. The zero-order chi connectivity index (χ0) is 14.5. The Morgan fingerprint density at radius 1 is 1.35 bits per heavy atom. The quantitative estimate of drug-likeness (QED) is 0.761. The molecule has 0 saturated heterocycles. The summed E-state index contributed by atoms with van der Waals surface area (Å²) in [4.78, 5) is 0. The first-order valence-electron chi connectivity index (χ1n) is 6.82. The van der Waals surface area contributed by atoms with Crippen molar-refractivity contribution in [3.05, 3.63) is 56.9 Å². The van der Waals surface area contributed by atoms with Gasteiger partial charge in [0.05, 0.1) is 6.26 Å². The molecule has 2 rings (SSSR count). The molecule has 0 spiro atoms. The summed E-state index contributed by atoms with van der Waals surface area (Å²) in [7, 11) is 0. The van der Waals surface area contributed by atoms with Crippen LogP contribution < -0.4 is 5.32 Å². The third kappa shape index (κ3) is 4.11. The van der Waals surface area contributed by atoms with Crippen molar-refractivity contribution in [3.63, 3.8) is 0 Å². The van der Waals surface area contributed by atoms with Gasteiger partial charge in [-0.2, -0.15) is 0 Å². The van der Waals surface area contributed by atoms with Gasteiger partial charge < -0.3 is 9.73 Å². The lowest BCUT2D eigenvalue weighted by molar-refractivity contribution is 0.503. The fourth-order valence-electron chi connectivity index (χ4n) is 2.18. The molecule has 0 saturated carbocycles. The molecule has 0 bridgehead atoms. The van der Waals surface area contributed by atoms with Crippen molar-refractivity contribution in [2.24, 2.45) is 0 Å². The number of rotatable bonds is 6. The van der Waals surface area contributed by atoms with E-state index >= 15 is 0 Å². The summed E-state index contributed by atoms with van der Waals surface area (Å²) in [6.45, 7) is 5.10. The Hall–Kier alpha value is -0.770. The van der Waals surface area contributed by atoms with Crippen molar-refractivity contribution in [1.82, 2.24) is 5.32 Å². The topological polar surface area (TPSA) is 25.2 Å². The number of hydrogen-bond acceptors (Lipinski definition) is 2. The molecule has 0 aliphatic rings. The zero-order valence-electron chi connectivity index (χ0n) is 11.7. The minimum absolute atomic E-state index is 0.228. The minimum atomic E-state index is 0.228. The van der Waals surface area contributed by atoms with Crippen molar-refractivity contribution < 1.29 is 4.42 Å². The number of aryl methyl sites for hydroxylation is 1. The molecule has 1 aromatic carbocycles. The van der Waals surface area contributed by atoms with E-state index in [4.69, 9.17) is 16.0 Å². The molecule has 1 unspecified atom stereocenters. The predicted octanol–water partition coefficient (Wildman–Crippen LogP) is 5.29. The standard InChI is InChI=1S/C16H19BrClNO/c1-3-6-19-16(13-7-11(2)20-10-13)8-12-4-5-14(17)9-15(12)18/h4-5,7,9-10,16,19H,3,6,8H2,1-2H3. The molecule has 1 atom stereocenters. The minimum Gasteiger partial charge on any atom is -0.469 e. The number of furan rings is 1. The van der Waals surface area contributed by atoms with Crippen LogP contribution in [-0.2, 0) is 6.42 Å². The van der Waals surface area contributed by atoms with Crippen LogP contribution in [0.1, 0.15) is 36.3 Å². The second-order valence-corrected chi connectivity index (χ2v) is 6.26. The smallest absolute Gasteiger partial charge is 0.101 e. The molecule has 2 aromatic rings. The Labute approximate surface area is 133 Å². The maximum absolute atomic E-state index is 6.32. The van der Waals surface area contributed by atoms with Crippen molar-refractivity contribution >= 4 is 27.5 Å². The predicted molar refractivity (Wildman–Crippen MR) is 87.3 cm³/mol. The van der Waals surface area contributed by atoms with Gasteiger partial charge in [-0.15, -0.1) is 0 Å². The van der Waals surface area contributed by atoms with Crippen LogP contribution in [0.3, 0.4) is 0 Å². The van der Waals surface area contributed by atoms with Crippen LogP contribution >= 0.6 is 27.5 Å². The number of benzene rings is 1. The Balaban J connectivity index is 2.18. The van der Waals surface area contributed by atoms with E-state index in [0.29, 0.717) is 0 Å². The third-order valence-corrected chi connectivity index (χ3v) is 4.08. The van der Waals surface area contributed by atoms with Crippen molar-refractivity contribution in [1.29, 1.82) is 0 Å². The molecule has 2 nitrogen and oxygen atoms in total. The third-order valence-electron chi connectivity index (χ3n) is 3.23. The van der Waals surface area contributed by atoms with E-state index in [9.17, 15) is 0 Å². The highest BCUT2D eigenvalue weighted by atomic mass is 79.9. The van der Waals surface area contributed by atoms with Crippen LogP contribution in [0, 0.1) is 6.92 Å². The molecule has 0 aliphatic heterocycles. The van der Waals surface area contributed by atoms with E-state index < -0.39 is 0 Å². The van der Waals surface area contributed by atoms with E-state index in [0.717, 1.165) is 40.2 Å². The summed E-state index contributed by atoms with van der Waals surface area (Å²) in [6.07, 6.45) is 3.78. The molecule has 108 valence electrons. The fourth-order valence-corrected chi connectivity index (χ4v) is 2.93. The van der Waals surface area contributed by atoms with Crippen LogP contribution in [0.25, 0.3) is 0 Å². The van der Waals surface area contributed by atoms with E-state index in [1.165, 1.54) is 5.56 Å². The van der Waals surface area contributed by atoms with Crippen molar-refractivity contribution in [3.8, 4) is 0 Å².